The second-order valence-electron chi connectivity index (χ2n) is 8.29. The summed E-state index contributed by atoms with van der Waals surface area (Å²) in [5.41, 5.74) is 1.88. The molecule has 1 aliphatic carbocycles. The van der Waals surface area contributed by atoms with Gasteiger partial charge in [-0.1, -0.05) is 39.3 Å². The Labute approximate surface area is 192 Å². The number of aliphatic imine (C=N–C) groups is 1. The summed E-state index contributed by atoms with van der Waals surface area (Å²) in [5, 5.41) is 6.89. The molecule has 1 saturated carbocycles. The summed E-state index contributed by atoms with van der Waals surface area (Å²) in [4.78, 5) is 17.9. The number of nitrogens with one attached hydrogen (secondary N) is 2. The molecule has 0 radical (unpaired) electrons. The maximum absolute atomic E-state index is 12.0. The van der Waals surface area contributed by atoms with Crippen molar-refractivity contribution < 1.29 is 9.53 Å². The predicted molar refractivity (Wildman–Crippen MR) is 130 cm³/mol. The van der Waals surface area contributed by atoms with E-state index in [2.05, 4.69) is 36.4 Å². The van der Waals surface area contributed by atoms with E-state index in [1.807, 2.05) is 24.3 Å². The van der Waals surface area contributed by atoms with Crippen molar-refractivity contribution in [1.29, 1.82) is 0 Å². The maximum atomic E-state index is 12.0. The normalized spacial score (nSPS) is 20.3. The van der Waals surface area contributed by atoms with Gasteiger partial charge in [0.2, 0.25) is 0 Å². The SMILES string of the molecule is CCCCOC1CC(NC(=NC)NCc2ccc(C(=O)N(C)C)cc2)C1(C)C.I. The molecule has 1 fully saturated rings. The van der Waals surface area contributed by atoms with Crippen LogP contribution in [0.2, 0.25) is 0 Å². The van der Waals surface area contributed by atoms with Crippen LogP contribution in [-0.2, 0) is 11.3 Å². The minimum atomic E-state index is 0. The van der Waals surface area contributed by atoms with Crippen LogP contribution in [0.3, 0.4) is 0 Å². The summed E-state index contributed by atoms with van der Waals surface area (Å²) in [6.07, 6.45) is 3.58. The van der Waals surface area contributed by atoms with Gasteiger partial charge < -0.3 is 20.3 Å². The van der Waals surface area contributed by atoms with Crippen molar-refractivity contribution in [3.63, 3.8) is 0 Å². The van der Waals surface area contributed by atoms with Crippen LogP contribution in [0.4, 0.5) is 0 Å². The molecular weight excluding hydrogens is 479 g/mol. The molecule has 7 heteroatoms. The molecule has 6 nitrogen and oxygen atoms in total. The monoisotopic (exact) mass is 516 g/mol. The Kier molecular flexibility index (Phi) is 10.4. The van der Waals surface area contributed by atoms with Crippen molar-refractivity contribution in [3.8, 4) is 0 Å². The third kappa shape index (κ3) is 6.84. The molecule has 0 spiro atoms. The average Bonchev–Trinajstić information content (AvgIpc) is 2.68. The van der Waals surface area contributed by atoms with Crippen LogP contribution in [0.25, 0.3) is 0 Å². The Morgan fingerprint density at radius 3 is 2.45 bits per heavy atom. The van der Waals surface area contributed by atoms with E-state index in [9.17, 15) is 4.79 Å². The largest absolute Gasteiger partial charge is 0.378 e. The highest BCUT2D eigenvalue weighted by Gasteiger charge is 2.49. The smallest absolute Gasteiger partial charge is 0.253 e. The van der Waals surface area contributed by atoms with E-state index in [4.69, 9.17) is 4.74 Å². The molecule has 2 rings (SSSR count). The van der Waals surface area contributed by atoms with Gasteiger partial charge in [0.25, 0.3) is 5.91 Å². The average molecular weight is 516 g/mol. The quantitative estimate of drug-likeness (QED) is 0.240. The van der Waals surface area contributed by atoms with Gasteiger partial charge in [-0.15, -0.1) is 24.0 Å². The van der Waals surface area contributed by atoms with Gasteiger partial charge in [-0.05, 0) is 30.5 Å². The Hall–Kier alpha value is -1.35. The van der Waals surface area contributed by atoms with Crippen molar-refractivity contribution >= 4 is 35.8 Å². The zero-order chi connectivity index (χ0) is 20.7. The first-order valence-corrected chi connectivity index (χ1v) is 10.2. The zero-order valence-corrected chi connectivity index (χ0v) is 20.9. The van der Waals surface area contributed by atoms with Gasteiger partial charge in [-0.3, -0.25) is 9.79 Å². The van der Waals surface area contributed by atoms with Crippen LogP contribution >= 0.6 is 24.0 Å². The van der Waals surface area contributed by atoms with Crippen molar-refractivity contribution in [2.45, 2.75) is 58.7 Å². The van der Waals surface area contributed by atoms with Crippen molar-refractivity contribution in [3.05, 3.63) is 35.4 Å². The molecule has 0 heterocycles. The van der Waals surface area contributed by atoms with Gasteiger partial charge in [-0.25, -0.2) is 0 Å². The lowest BCUT2D eigenvalue weighted by Crippen LogP contribution is -2.63. The second-order valence-corrected chi connectivity index (χ2v) is 8.29. The number of nitrogens with zero attached hydrogens (tertiary/aromatic N) is 2. The number of carbonyl (C=O) groups excluding carboxylic acids is 1. The van der Waals surface area contributed by atoms with Crippen LogP contribution < -0.4 is 10.6 Å². The second kappa shape index (κ2) is 11.7. The van der Waals surface area contributed by atoms with Gasteiger partial charge >= 0.3 is 0 Å². The fourth-order valence-electron chi connectivity index (χ4n) is 3.35. The van der Waals surface area contributed by atoms with Crippen LogP contribution in [-0.4, -0.2) is 56.7 Å². The summed E-state index contributed by atoms with van der Waals surface area (Å²) >= 11 is 0. The first-order valence-electron chi connectivity index (χ1n) is 10.2. The van der Waals surface area contributed by atoms with Crippen LogP contribution in [0.15, 0.2) is 29.3 Å². The third-order valence-electron chi connectivity index (χ3n) is 5.60. The lowest BCUT2D eigenvalue weighted by atomic mass is 9.64. The summed E-state index contributed by atoms with van der Waals surface area (Å²) in [7, 11) is 5.30. The standard InChI is InChI=1S/C22H36N4O2.HI/c1-7-8-13-28-19-14-18(22(19,2)3)25-21(23-4)24-15-16-9-11-17(12-10-16)20(27)26(5)6;/h9-12,18-19H,7-8,13-15H2,1-6H3,(H2,23,24,25);1H. The fourth-order valence-corrected chi connectivity index (χ4v) is 3.35. The molecule has 1 amide bonds. The first kappa shape index (κ1) is 25.7. The number of hydrogen-bond donors (Lipinski definition) is 2. The van der Waals surface area contributed by atoms with Crippen molar-refractivity contribution in [2.75, 3.05) is 27.7 Å². The van der Waals surface area contributed by atoms with E-state index >= 15 is 0 Å². The summed E-state index contributed by atoms with van der Waals surface area (Å²) < 4.78 is 6.02. The van der Waals surface area contributed by atoms with Gasteiger partial charge in [-0.2, -0.15) is 0 Å². The number of carbonyl (C=O) groups is 1. The molecule has 29 heavy (non-hydrogen) atoms. The van der Waals surface area contributed by atoms with E-state index in [1.165, 1.54) is 0 Å². The first-order chi connectivity index (χ1) is 13.3. The van der Waals surface area contributed by atoms with Gasteiger partial charge in [0.15, 0.2) is 5.96 Å². The molecule has 164 valence electrons. The molecule has 1 aromatic rings. The Balaban J connectivity index is 0.00000420. The summed E-state index contributed by atoms with van der Waals surface area (Å²) in [5.74, 6) is 0.804. The summed E-state index contributed by atoms with van der Waals surface area (Å²) in [6.45, 7) is 8.18. The molecule has 2 unspecified atom stereocenters. The highest BCUT2D eigenvalue weighted by atomic mass is 127. The number of unbranched alkanes of at least 4 members (excludes halogenated alkanes) is 1. The third-order valence-corrected chi connectivity index (χ3v) is 5.60. The van der Waals surface area contributed by atoms with Gasteiger partial charge in [0, 0.05) is 51.3 Å². The Morgan fingerprint density at radius 2 is 1.93 bits per heavy atom. The number of benzene rings is 1. The fraction of sp³-hybridized carbons (Fsp3) is 0.636. The molecule has 2 N–H and O–H groups in total. The lowest BCUT2D eigenvalue weighted by molar-refractivity contribution is -0.113. The number of halogens is 1. The molecular formula is C22H37IN4O2. The van der Waals surface area contributed by atoms with Crippen LogP contribution in [0.5, 0.6) is 0 Å². The van der Waals surface area contributed by atoms with E-state index in [1.54, 1.807) is 26.0 Å². The number of hydrogen-bond acceptors (Lipinski definition) is 3. The highest BCUT2D eigenvalue weighted by molar-refractivity contribution is 14.0. The van der Waals surface area contributed by atoms with Gasteiger partial charge in [0.05, 0.1) is 6.10 Å². The Morgan fingerprint density at radius 1 is 1.28 bits per heavy atom. The highest BCUT2D eigenvalue weighted by Crippen LogP contribution is 2.42. The molecule has 0 aliphatic heterocycles. The van der Waals surface area contributed by atoms with Crippen LogP contribution in [0, 0.1) is 5.41 Å². The molecule has 1 aromatic carbocycles. The molecule has 1 aliphatic rings. The topological polar surface area (TPSA) is 66.0 Å². The molecule has 0 saturated heterocycles. The number of guanidine groups is 1. The number of rotatable bonds is 8. The van der Waals surface area contributed by atoms with Gasteiger partial charge in [0.1, 0.15) is 0 Å². The lowest BCUT2D eigenvalue weighted by Gasteiger charge is -2.52. The van der Waals surface area contributed by atoms with Crippen LogP contribution in [0.1, 0.15) is 56.0 Å². The van der Waals surface area contributed by atoms with E-state index < -0.39 is 0 Å². The number of ether oxygens (including phenoxy) is 1. The molecule has 0 aromatic heterocycles. The van der Waals surface area contributed by atoms with E-state index in [-0.39, 0.29) is 35.3 Å². The number of amides is 1. The van der Waals surface area contributed by atoms with E-state index in [0.29, 0.717) is 24.3 Å². The zero-order valence-electron chi connectivity index (χ0n) is 18.6. The molecule has 2 atom stereocenters. The Bertz CT molecular complexity index is 674. The minimum absolute atomic E-state index is 0. The summed E-state index contributed by atoms with van der Waals surface area (Å²) in [6, 6.07) is 8.01. The molecule has 0 bridgehead atoms. The van der Waals surface area contributed by atoms with Crippen molar-refractivity contribution in [1.82, 2.24) is 15.5 Å². The maximum Gasteiger partial charge on any atom is 0.253 e. The predicted octanol–water partition coefficient (Wildman–Crippen LogP) is 3.66. The minimum Gasteiger partial charge on any atom is -0.378 e. The van der Waals surface area contributed by atoms with Crippen molar-refractivity contribution in [2.24, 2.45) is 10.4 Å². The van der Waals surface area contributed by atoms with E-state index in [0.717, 1.165) is 37.4 Å².